The van der Waals surface area contributed by atoms with Crippen molar-refractivity contribution in [1.29, 1.82) is 0 Å². The molecule has 0 bridgehead atoms. The summed E-state index contributed by atoms with van der Waals surface area (Å²) in [6.07, 6.45) is 9.14. The van der Waals surface area contributed by atoms with E-state index in [0.717, 1.165) is 23.7 Å². The number of fused-ring (bicyclic) bond motifs is 1. The number of nitrogens with one attached hydrogen (secondary N) is 2. The highest BCUT2D eigenvalue weighted by atomic mass is 32.2. The minimum atomic E-state index is -0.151. The zero-order chi connectivity index (χ0) is 20.5. The van der Waals surface area contributed by atoms with E-state index in [1.807, 2.05) is 24.4 Å². The zero-order valence-electron chi connectivity index (χ0n) is 16.7. The maximum atomic E-state index is 12.8. The highest BCUT2D eigenvalue weighted by Gasteiger charge is 2.20. The first kappa shape index (κ1) is 19.6. The Hall–Kier alpha value is -2.39. The second-order valence-electron chi connectivity index (χ2n) is 7.77. The molecule has 5 rings (SSSR count). The Balaban J connectivity index is 1.30. The van der Waals surface area contributed by atoms with Crippen molar-refractivity contribution in [2.45, 2.75) is 55.9 Å². The molecule has 0 aromatic carbocycles. The molecule has 4 aromatic heterocycles. The fourth-order valence-electron chi connectivity index (χ4n) is 4.07. The molecule has 1 fully saturated rings. The van der Waals surface area contributed by atoms with Crippen LogP contribution in [0.3, 0.4) is 0 Å². The predicted octanol–water partition coefficient (Wildman–Crippen LogP) is 5.34. The molecule has 9 heteroatoms. The van der Waals surface area contributed by atoms with Crippen LogP contribution in [-0.2, 0) is 6.42 Å². The first-order valence-corrected chi connectivity index (χ1v) is 12.1. The number of H-pyrrole nitrogens is 2. The Labute approximate surface area is 181 Å². The van der Waals surface area contributed by atoms with Crippen molar-refractivity contribution in [2.75, 3.05) is 0 Å². The lowest BCUT2D eigenvalue weighted by Crippen LogP contribution is -2.12. The number of thioether (sulfide) groups is 1. The van der Waals surface area contributed by atoms with E-state index in [0.29, 0.717) is 27.0 Å². The average molecular weight is 442 g/mol. The van der Waals surface area contributed by atoms with Gasteiger partial charge in [-0.05, 0) is 31.4 Å². The summed E-state index contributed by atoms with van der Waals surface area (Å²) >= 11 is 2.95. The van der Waals surface area contributed by atoms with Gasteiger partial charge in [-0.25, -0.2) is 9.97 Å². The van der Waals surface area contributed by atoms with Gasteiger partial charge in [-0.1, -0.05) is 37.4 Å². The molecule has 1 aliphatic carbocycles. The summed E-state index contributed by atoms with van der Waals surface area (Å²) in [5.41, 5.74) is 0.629. The SMILES string of the molecule is CC(Sc1n[nH]c(CCC2CCCC2)n1)c1nc2scc(-c3ccco3)c2c(=O)[nH]1. The minimum Gasteiger partial charge on any atom is -0.464 e. The van der Waals surface area contributed by atoms with Gasteiger partial charge in [0.05, 0.1) is 16.9 Å². The van der Waals surface area contributed by atoms with Crippen molar-refractivity contribution >= 4 is 33.3 Å². The highest BCUT2D eigenvalue weighted by molar-refractivity contribution is 7.99. The molecule has 156 valence electrons. The number of aromatic nitrogens is 5. The normalized spacial score (nSPS) is 15.9. The summed E-state index contributed by atoms with van der Waals surface area (Å²) in [5, 5.41) is 10.5. The highest BCUT2D eigenvalue weighted by Crippen LogP contribution is 2.34. The van der Waals surface area contributed by atoms with Crippen molar-refractivity contribution in [2.24, 2.45) is 5.92 Å². The lowest BCUT2D eigenvalue weighted by molar-refractivity contribution is 0.497. The number of thiophene rings is 1. The van der Waals surface area contributed by atoms with Crippen molar-refractivity contribution in [3.05, 3.63) is 45.8 Å². The lowest BCUT2D eigenvalue weighted by atomic mass is 10.0. The summed E-state index contributed by atoms with van der Waals surface area (Å²) in [4.78, 5) is 25.7. The van der Waals surface area contributed by atoms with Gasteiger partial charge in [-0.3, -0.25) is 9.89 Å². The summed E-state index contributed by atoms with van der Waals surface area (Å²) in [7, 11) is 0. The standard InChI is InChI=1S/C21H23N5O2S2/c1-12(30-21-22-16(25-26-21)9-8-13-5-2-3-6-13)18-23-19(27)17-14(11-29-20(17)24-18)15-7-4-10-28-15/h4,7,10-13H,2-3,5-6,8-9H2,1H3,(H,22,25,26)(H,23,24,27). The Kier molecular flexibility index (Phi) is 5.47. The van der Waals surface area contributed by atoms with Crippen LogP contribution < -0.4 is 5.56 Å². The molecule has 0 amide bonds. The summed E-state index contributed by atoms with van der Waals surface area (Å²) < 4.78 is 5.45. The van der Waals surface area contributed by atoms with Crippen molar-refractivity contribution in [3.8, 4) is 11.3 Å². The molecule has 1 saturated carbocycles. The number of nitrogens with zero attached hydrogens (tertiary/aromatic N) is 3. The van der Waals surface area contributed by atoms with Crippen LogP contribution in [0.4, 0.5) is 0 Å². The largest absolute Gasteiger partial charge is 0.464 e. The minimum absolute atomic E-state index is 0.0743. The third-order valence-electron chi connectivity index (χ3n) is 5.69. The van der Waals surface area contributed by atoms with E-state index in [4.69, 9.17) is 9.40 Å². The molecule has 2 N–H and O–H groups in total. The second-order valence-corrected chi connectivity index (χ2v) is 9.94. The fraction of sp³-hybridized carbons (Fsp3) is 0.429. The molecule has 4 aromatic rings. The maximum Gasteiger partial charge on any atom is 0.260 e. The predicted molar refractivity (Wildman–Crippen MR) is 119 cm³/mol. The van der Waals surface area contributed by atoms with E-state index in [1.165, 1.54) is 55.2 Å². The van der Waals surface area contributed by atoms with Crippen LogP contribution in [0.5, 0.6) is 0 Å². The van der Waals surface area contributed by atoms with Gasteiger partial charge < -0.3 is 9.40 Å². The monoisotopic (exact) mass is 441 g/mol. The van der Waals surface area contributed by atoms with Crippen LogP contribution in [0.1, 0.15) is 55.9 Å². The zero-order valence-corrected chi connectivity index (χ0v) is 18.3. The number of furan rings is 1. The van der Waals surface area contributed by atoms with Gasteiger partial charge in [-0.2, -0.15) is 0 Å². The molecule has 1 aliphatic rings. The number of hydrogen-bond donors (Lipinski definition) is 2. The van der Waals surface area contributed by atoms with Gasteiger partial charge in [0.2, 0.25) is 5.16 Å². The van der Waals surface area contributed by atoms with Crippen LogP contribution >= 0.6 is 23.1 Å². The molecular weight excluding hydrogens is 418 g/mol. The summed E-state index contributed by atoms with van der Waals surface area (Å²) in [6, 6.07) is 3.66. The van der Waals surface area contributed by atoms with E-state index < -0.39 is 0 Å². The molecule has 30 heavy (non-hydrogen) atoms. The molecule has 0 aliphatic heterocycles. The first-order valence-electron chi connectivity index (χ1n) is 10.3. The van der Waals surface area contributed by atoms with Crippen LogP contribution in [0.15, 0.2) is 38.1 Å². The van der Waals surface area contributed by atoms with E-state index in [-0.39, 0.29) is 10.8 Å². The Morgan fingerprint density at radius 1 is 1.33 bits per heavy atom. The van der Waals surface area contributed by atoms with Crippen molar-refractivity contribution in [3.63, 3.8) is 0 Å². The van der Waals surface area contributed by atoms with Crippen molar-refractivity contribution in [1.82, 2.24) is 25.1 Å². The number of aryl methyl sites for hydroxylation is 1. The smallest absolute Gasteiger partial charge is 0.260 e. The molecular formula is C21H23N5O2S2. The van der Waals surface area contributed by atoms with Gasteiger partial charge in [-0.15, -0.1) is 16.4 Å². The summed E-state index contributed by atoms with van der Waals surface area (Å²) in [5.74, 6) is 3.08. The molecule has 1 unspecified atom stereocenters. The first-order chi connectivity index (χ1) is 14.7. The van der Waals surface area contributed by atoms with E-state index in [2.05, 4.69) is 20.2 Å². The van der Waals surface area contributed by atoms with Gasteiger partial charge in [0.1, 0.15) is 22.2 Å². The molecule has 0 radical (unpaired) electrons. The van der Waals surface area contributed by atoms with Gasteiger partial charge >= 0.3 is 0 Å². The molecule has 7 nitrogen and oxygen atoms in total. The van der Waals surface area contributed by atoms with Crippen LogP contribution in [-0.4, -0.2) is 25.1 Å². The van der Waals surface area contributed by atoms with Gasteiger partial charge in [0, 0.05) is 17.4 Å². The number of hydrogen-bond acceptors (Lipinski definition) is 7. The lowest BCUT2D eigenvalue weighted by Gasteiger charge is -2.08. The maximum absolute atomic E-state index is 12.8. The second kappa shape index (κ2) is 8.39. The van der Waals surface area contributed by atoms with Crippen LogP contribution in [0.2, 0.25) is 0 Å². The van der Waals surface area contributed by atoms with Gasteiger partial charge in [0.15, 0.2) is 0 Å². The molecule has 4 heterocycles. The Morgan fingerprint density at radius 3 is 3.00 bits per heavy atom. The van der Waals surface area contributed by atoms with Gasteiger partial charge in [0.25, 0.3) is 5.56 Å². The fourth-order valence-corrected chi connectivity index (χ4v) is 5.80. The summed E-state index contributed by atoms with van der Waals surface area (Å²) in [6.45, 7) is 2.00. The topological polar surface area (TPSA) is 100 Å². The third kappa shape index (κ3) is 3.96. The number of rotatable bonds is 7. The molecule has 0 spiro atoms. The van der Waals surface area contributed by atoms with Crippen molar-refractivity contribution < 1.29 is 4.42 Å². The Morgan fingerprint density at radius 2 is 2.20 bits per heavy atom. The average Bonchev–Trinajstić information content (AvgIpc) is 3.53. The van der Waals surface area contributed by atoms with Crippen LogP contribution in [0, 0.1) is 5.92 Å². The quantitative estimate of drug-likeness (QED) is 0.376. The van der Waals surface area contributed by atoms with E-state index in [1.54, 1.807) is 6.26 Å². The third-order valence-corrected chi connectivity index (χ3v) is 7.53. The number of aromatic amines is 2. The van der Waals surface area contributed by atoms with E-state index >= 15 is 0 Å². The van der Waals surface area contributed by atoms with E-state index in [9.17, 15) is 4.79 Å². The van der Waals surface area contributed by atoms with Crippen LogP contribution in [0.25, 0.3) is 21.5 Å². The molecule has 0 saturated heterocycles. The molecule has 1 atom stereocenters. The Bertz CT molecular complexity index is 1190.